The van der Waals surface area contributed by atoms with Gasteiger partial charge in [0.05, 0.1) is 30.5 Å². The average Bonchev–Trinajstić information content (AvgIpc) is 3.18. The van der Waals surface area contributed by atoms with Crippen LogP contribution < -0.4 is 0 Å². The van der Waals surface area contributed by atoms with Gasteiger partial charge in [0.25, 0.3) is 5.91 Å². The van der Waals surface area contributed by atoms with E-state index in [1.165, 1.54) is 26.0 Å². The first-order valence-corrected chi connectivity index (χ1v) is 20.8. The number of carbonyl (C=O) groups is 4. The van der Waals surface area contributed by atoms with Gasteiger partial charge in [0, 0.05) is 46.1 Å². The van der Waals surface area contributed by atoms with Crippen molar-refractivity contribution in [3.8, 4) is 0 Å². The number of amides is 1. The maximum Gasteiger partial charge on any atom is 0.329 e. The number of ketones is 1. The second-order valence-corrected chi connectivity index (χ2v) is 17.5. The van der Waals surface area contributed by atoms with Crippen molar-refractivity contribution >= 4 is 23.6 Å². The Kier molecular flexibility index (Phi) is 17.1. The SMILES string of the molecule is C=CC[C@@H]1/C=C(\C)C[C@H](C)C[C@H](OC)[C@H]2OC(=O)[C@](C)(C[C@@H]2OC)[C@@H](O)C(=O)N2CCCC[C@H]2C(=O)O[C@H](/C(C)=C/[C@@H]2CC[C@@H](O)[C@H](OC)C2)[C@H](C)[C@H](O)CC1=O. The van der Waals surface area contributed by atoms with Crippen molar-refractivity contribution in [3.63, 3.8) is 0 Å². The van der Waals surface area contributed by atoms with Crippen molar-refractivity contribution in [2.45, 2.75) is 160 Å². The topological polar surface area (TPSA) is 178 Å². The average molecular weight is 804 g/mol. The highest BCUT2D eigenvalue weighted by molar-refractivity contribution is 5.92. The van der Waals surface area contributed by atoms with Crippen molar-refractivity contribution in [1.29, 1.82) is 0 Å². The Bertz CT molecular complexity index is 1480. The number of carbonyl (C=O) groups excluding carboxylic acids is 4. The third-order valence-corrected chi connectivity index (χ3v) is 13.0. The number of aliphatic hydroxyl groups excluding tert-OH is 3. The first kappa shape index (κ1) is 46.7. The van der Waals surface area contributed by atoms with Crippen LogP contribution >= 0.6 is 0 Å². The summed E-state index contributed by atoms with van der Waals surface area (Å²) in [4.78, 5) is 57.6. The molecule has 5 rings (SSSR count). The quantitative estimate of drug-likeness (QED) is 0.240. The van der Waals surface area contributed by atoms with Crippen LogP contribution in [0.4, 0.5) is 0 Å². The molecule has 2 saturated heterocycles. The summed E-state index contributed by atoms with van der Waals surface area (Å²) in [6.45, 7) is 13.1. The van der Waals surface area contributed by atoms with Crippen molar-refractivity contribution in [1.82, 2.24) is 4.90 Å². The maximum absolute atomic E-state index is 14.3. The number of allylic oxidation sites excluding steroid dienone is 4. The van der Waals surface area contributed by atoms with Crippen LogP contribution in [0.1, 0.15) is 105 Å². The van der Waals surface area contributed by atoms with Crippen LogP contribution in [-0.2, 0) is 42.9 Å². The number of piperidine rings is 1. The highest BCUT2D eigenvalue weighted by Gasteiger charge is 2.56. The number of Topliss-reactive ketones (excluding diaryl/α,β-unsaturated/α-hetero) is 1. The number of hydrogen-bond acceptors (Lipinski definition) is 12. The minimum Gasteiger partial charge on any atom is -0.456 e. The smallest absolute Gasteiger partial charge is 0.329 e. The summed E-state index contributed by atoms with van der Waals surface area (Å²) in [6.07, 6.45) is 3.13. The predicted molar refractivity (Wildman–Crippen MR) is 213 cm³/mol. The van der Waals surface area contributed by atoms with E-state index in [0.29, 0.717) is 56.9 Å². The Morgan fingerprint density at radius 1 is 0.930 bits per heavy atom. The summed E-state index contributed by atoms with van der Waals surface area (Å²) in [5.74, 6) is -3.65. The summed E-state index contributed by atoms with van der Waals surface area (Å²) in [5.41, 5.74) is -0.0441. The zero-order valence-electron chi connectivity index (χ0n) is 35.4. The van der Waals surface area contributed by atoms with Crippen LogP contribution in [0, 0.1) is 29.1 Å². The molecule has 13 nitrogen and oxygen atoms in total. The van der Waals surface area contributed by atoms with Gasteiger partial charge < -0.3 is 43.9 Å². The van der Waals surface area contributed by atoms with Gasteiger partial charge in [0.1, 0.15) is 29.4 Å². The molecule has 1 amide bonds. The molecule has 1 saturated carbocycles. The zero-order valence-corrected chi connectivity index (χ0v) is 35.4. The minimum absolute atomic E-state index is 0.00145. The molecule has 5 aliphatic rings. The van der Waals surface area contributed by atoms with Gasteiger partial charge in [-0.25, -0.2) is 4.79 Å². The third-order valence-electron chi connectivity index (χ3n) is 13.0. The van der Waals surface area contributed by atoms with Gasteiger partial charge in [-0.1, -0.05) is 37.6 Å². The highest BCUT2D eigenvalue weighted by atomic mass is 16.6. The fourth-order valence-electron chi connectivity index (χ4n) is 9.43. The summed E-state index contributed by atoms with van der Waals surface area (Å²) >= 11 is 0. The number of methoxy groups -OCH3 is 3. The van der Waals surface area contributed by atoms with Crippen LogP contribution in [-0.4, -0.2) is 127 Å². The number of ether oxygens (including phenoxy) is 5. The first-order valence-electron chi connectivity index (χ1n) is 20.8. The fraction of sp³-hybridized carbons (Fsp3) is 0.773. The van der Waals surface area contributed by atoms with Gasteiger partial charge in [0.2, 0.25) is 0 Å². The maximum atomic E-state index is 14.3. The lowest BCUT2D eigenvalue weighted by molar-refractivity contribution is -0.213. The van der Waals surface area contributed by atoms with Gasteiger partial charge >= 0.3 is 11.9 Å². The third kappa shape index (κ3) is 11.2. The molecule has 57 heavy (non-hydrogen) atoms. The van der Waals surface area contributed by atoms with Crippen LogP contribution in [0.15, 0.2) is 36.0 Å². The molecule has 4 heterocycles. The molecule has 0 aromatic heterocycles. The molecule has 322 valence electrons. The summed E-state index contributed by atoms with van der Waals surface area (Å²) in [6, 6.07) is -1.07. The van der Waals surface area contributed by atoms with E-state index in [-0.39, 0.29) is 49.5 Å². The van der Waals surface area contributed by atoms with Crippen molar-refractivity contribution < 1.29 is 58.2 Å². The van der Waals surface area contributed by atoms with Gasteiger partial charge in [0.15, 0.2) is 6.10 Å². The van der Waals surface area contributed by atoms with Gasteiger partial charge in [-0.15, -0.1) is 6.58 Å². The van der Waals surface area contributed by atoms with Gasteiger partial charge in [-0.2, -0.15) is 0 Å². The first-order chi connectivity index (χ1) is 27.0. The summed E-state index contributed by atoms with van der Waals surface area (Å²) in [7, 11) is 4.59. The highest BCUT2D eigenvalue weighted by Crippen LogP contribution is 2.41. The largest absolute Gasteiger partial charge is 0.456 e. The molecule has 3 N–H and O–H groups in total. The van der Waals surface area contributed by atoms with E-state index in [9.17, 15) is 34.5 Å². The molecule has 14 atom stereocenters. The monoisotopic (exact) mass is 803 g/mol. The van der Waals surface area contributed by atoms with E-state index in [4.69, 9.17) is 23.7 Å². The molecule has 0 radical (unpaired) electrons. The second-order valence-electron chi connectivity index (χ2n) is 17.5. The fourth-order valence-corrected chi connectivity index (χ4v) is 9.43. The van der Waals surface area contributed by atoms with Gasteiger partial charge in [-0.3, -0.25) is 14.4 Å². The van der Waals surface area contributed by atoms with E-state index in [2.05, 4.69) is 6.58 Å². The molecule has 0 unspecified atom stereocenters. The Labute approximate surface area is 339 Å². The van der Waals surface area contributed by atoms with E-state index in [0.717, 1.165) is 5.57 Å². The number of fused-ring (bicyclic) bond motifs is 15. The lowest BCUT2D eigenvalue weighted by Crippen LogP contribution is -2.62. The van der Waals surface area contributed by atoms with E-state index < -0.39 is 83.9 Å². The van der Waals surface area contributed by atoms with E-state index in [1.807, 2.05) is 32.9 Å². The Morgan fingerprint density at radius 2 is 1.61 bits per heavy atom. The zero-order chi connectivity index (χ0) is 42.2. The van der Waals surface area contributed by atoms with Crippen LogP contribution in [0.25, 0.3) is 0 Å². The Hall–Kier alpha value is -2.94. The standard InChI is InChI=1S/C44H69NO12/c1-10-13-30-19-25(2)18-26(3)20-36(54-8)39-37(55-9)24-44(6,43(52)57-39)40(49)41(50)45-17-12-11-14-31(45)42(51)56-38(28(5)33(47)23-34(30)48)27(4)21-29-15-16-32(46)35(22-29)53-7/h10,19,21,26,28-33,35-40,46-47,49H,1,11-18,20,22-24H2,2-9H3/b25-19+,27-21+/t26-,28+,29-,30+,31-,32+,33+,35+,36-,37-,38+,39+,40-,44+/m0/s1. The number of hydrogen-bond donors (Lipinski definition) is 3. The van der Waals surface area contributed by atoms with E-state index >= 15 is 0 Å². The Morgan fingerprint density at radius 3 is 2.26 bits per heavy atom. The van der Waals surface area contributed by atoms with E-state index in [1.54, 1.807) is 20.1 Å². The molecular formula is C44H69NO12. The summed E-state index contributed by atoms with van der Waals surface area (Å²) in [5, 5.41) is 33.9. The molecular weight excluding hydrogens is 734 g/mol. The second kappa shape index (κ2) is 20.8. The minimum atomic E-state index is -1.84. The number of aliphatic hydroxyl groups is 3. The normalized spacial score (nSPS) is 40.8. The molecule has 3 fully saturated rings. The lowest BCUT2D eigenvalue weighted by Gasteiger charge is -2.46. The van der Waals surface area contributed by atoms with Crippen LogP contribution in [0.5, 0.6) is 0 Å². The molecule has 0 aromatic carbocycles. The molecule has 4 aliphatic heterocycles. The molecule has 1 aliphatic carbocycles. The summed E-state index contributed by atoms with van der Waals surface area (Å²) < 4.78 is 29.5. The van der Waals surface area contributed by atoms with Crippen molar-refractivity contribution in [3.05, 3.63) is 36.0 Å². The Balaban J connectivity index is 1.76. The molecule has 0 aromatic rings. The number of nitrogens with zero attached hydrogens (tertiary/aromatic N) is 1. The molecule has 0 spiro atoms. The number of esters is 2. The van der Waals surface area contributed by atoms with Crippen LogP contribution in [0.2, 0.25) is 0 Å². The number of rotatable bonds is 7. The van der Waals surface area contributed by atoms with Crippen molar-refractivity contribution in [2.75, 3.05) is 27.9 Å². The predicted octanol–water partition coefficient (Wildman–Crippen LogP) is 4.64. The van der Waals surface area contributed by atoms with Crippen LogP contribution in [0.3, 0.4) is 0 Å². The van der Waals surface area contributed by atoms with Gasteiger partial charge in [-0.05, 0) is 102 Å². The molecule has 2 bridgehead atoms. The molecule has 13 heteroatoms. The van der Waals surface area contributed by atoms with Crippen molar-refractivity contribution in [2.24, 2.45) is 29.1 Å². The lowest BCUT2D eigenvalue weighted by atomic mass is 9.74.